The molecule has 0 spiro atoms. The molecule has 0 bridgehead atoms. The highest BCUT2D eigenvalue weighted by atomic mass is 79.9. The molecule has 0 saturated heterocycles. The van der Waals surface area contributed by atoms with E-state index in [1.165, 1.54) is 6.26 Å². The molecule has 4 nitrogen and oxygen atoms in total. The maximum Gasteiger partial charge on any atom is 0.363 e. The van der Waals surface area contributed by atoms with Gasteiger partial charge in [0.25, 0.3) is 0 Å². The number of hydrogen-bond acceptors (Lipinski definition) is 4. The number of nitrogens with zero attached hydrogens (tertiary/aromatic N) is 1. The molecule has 5 heteroatoms. The van der Waals surface area contributed by atoms with E-state index < -0.39 is 5.97 Å². The standard InChI is InChI=1S/C14H8BrNO3/c15-10-4-1-3-9(7-10)13-16-12(14(17)19-13)8-11-5-2-6-18-11/h1-8H/b12-8-. The van der Waals surface area contributed by atoms with Crippen LogP contribution in [0.25, 0.3) is 6.08 Å². The van der Waals surface area contributed by atoms with Crippen LogP contribution < -0.4 is 0 Å². The van der Waals surface area contributed by atoms with Crippen molar-refractivity contribution < 1.29 is 13.9 Å². The van der Waals surface area contributed by atoms with E-state index in [0.717, 1.165) is 10.0 Å². The summed E-state index contributed by atoms with van der Waals surface area (Å²) in [6, 6.07) is 10.9. The number of halogens is 1. The van der Waals surface area contributed by atoms with Gasteiger partial charge in [0.2, 0.25) is 5.90 Å². The molecule has 0 unspecified atom stereocenters. The summed E-state index contributed by atoms with van der Waals surface area (Å²) < 4.78 is 11.2. The second-order valence-corrected chi connectivity index (χ2v) is 4.78. The summed E-state index contributed by atoms with van der Waals surface area (Å²) in [5.41, 5.74) is 0.968. The molecule has 2 aromatic rings. The topological polar surface area (TPSA) is 51.8 Å². The van der Waals surface area contributed by atoms with E-state index >= 15 is 0 Å². The van der Waals surface area contributed by atoms with Crippen molar-refractivity contribution in [1.82, 2.24) is 0 Å². The van der Waals surface area contributed by atoms with Crippen LogP contribution in [-0.4, -0.2) is 11.9 Å². The molecule has 94 valence electrons. The number of ether oxygens (including phenoxy) is 1. The van der Waals surface area contributed by atoms with E-state index in [9.17, 15) is 4.79 Å². The first-order valence-electron chi connectivity index (χ1n) is 5.54. The summed E-state index contributed by atoms with van der Waals surface area (Å²) >= 11 is 3.36. The maximum atomic E-state index is 11.7. The van der Waals surface area contributed by atoms with Crippen LogP contribution in [0, 0.1) is 0 Å². The van der Waals surface area contributed by atoms with Crippen LogP contribution in [0.4, 0.5) is 0 Å². The summed E-state index contributed by atoms with van der Waals surface area (Å²) in [6.07, 6.45) is 3.08. The highest BCUT2D eigenvalue weighted by Gasteiger charge is 2.24. The second kappa shape index (κ2) is 4.85. The Balaban J connectivity index is 1.95. The number of carbonyl (C=O) groups excluding carboxylic acids is 1. The third-order valence-corrected chi connectivity index (χ3v) is 3.01. The van der Waals surface area contributed by atoms with E-state index in [-0.39, 0.29) is 5.70 Å². The van der Waals surface area contributed by atoms with Crippen LogP contribution in [0.2, 0.25) is 0 Å². The van der Waals surface area contributed by atoms with Crippen molar-refractivity contribution in [3.05, 3.63) is 64.2 Å². The Morgan fingerprint density at radius 2 is 2.11 bits per heavy atom. The Morgan fingerprint density at radius 1 is 1.21 bits per heavy atom. The zero-order valence-electron chi connectivity index (χ0n) is 9.67. The molecular weight excluding hydrogens is 310 g/mol. The Labute approximate surface area is 117 Å². The fraction of sp³-hybridized carbons (Fsp3) is 0. The van der Waals surface area contributed by atoms with Gasteiger partial charge in [0.15, 0.2) is 5.70 Å². The first kappa shape index (κ1) is 11.9. The monoisotopic (exact) mass is 317 g/mol. The van der Waals surface area contributed by atoms with Crippen molar-refractivity contribution in [2.75, 3.05) is 0 Å². The Hall–Kier alpha value is -2.14. The molecule has 1 aliphatic heterocycles. The molecular formula is C14H8BrNO3. The summed E-state index contributed by atoms with van der Waals surface area (Å²) in [5.74, 6) is 0.377. The summed E-state index contributed by atoms with van der Waals surface area (Å²) in [4.78, 5) is 15.9. The average Bonchev–Trinajstić information content (AvgIpc) is 3.01. The highest BCUT2D eigenvalue weighted by Crippen LogP contribution is 2.21. The van der Waals surface area contributed by atoms with Gasteiger partial charge in [0.1, 0.15) is 5.76 Å². The van der Waals surface area contributed by atoms with Crippen LogP contribution in [0.3, 0.4) is 0 Å². The molecule has 0 N–H and O–H groups in total. The first-order valence-corrected chi connectivity index (χ1v) is 6.34. The first-order chi connectivity index (χ1) is 9.22. The molecule has 0 aliphatic carbocycles. The number of furan rings is 1. The molecule has 1 aromatic heterocycles. The van der Waals surface area contributed by atoms with Gasteiger partial charge in [-0.2, -0.15) is 0 Å². The van der Waals surface area contributed by atoms with Crippen LogP contribution in [-0.2, 0) is 9.53 Å². The number of esters is 1. The number of benzene rings is 1. The van der Waals surface area contributed by atoms with Gasteiger partial charge in [-0.15, -0.1) is 0 Å². The number of hydrogen-bond donors (Lipinski definition) is 0. The third-order valence-electron chi connectivity index (χ3n) is 2.51. The molecule has 0 saturated carbocycles. The average molecular weight is 318 g/mol. The third kappa shape index (κ3) is 2.51. The molecule has 3 rings (SSSR count). The Morgan fingerprint density at radius 3 is 2.84 bits per heavy atom. The van der Waals surface area contributed by atoms with E-state index in [2.05, 4.69) is 20.9 Å². The van der Waals surface area contributed by atoms with Crippen molar-refractivity contribution in [2.24, 2.45) is 4.99 Å². The lowest BCUT2D eigenvalue weighted by Crippen LogP contribution is -2.05. The van der Waals surface area contributed by atoms with Crippen molar-refractivity contribution in [1.29, 1.82) is 0 Å². The zero-order chi connectivity index (χ0) is 13.2. The number of carbonyl (C=O) groups is 1. The molecule has 0 amide bonds. The Bertz CT molecular complexity index is 686. The summed E-state index contributed by atoms with van der Waals surface area (Å²) in [7, 11) is 0. The van der Waals surface area contributed by atoms with Crippen LogP contribution >= 0.6 is 15.9 Å². The van der Waals surface area contributed by atoms with E-state index in [1.807, 2.05) is 24.3 Å². The van der Waals surface area contributed by atoms with Crippen molar-refractivity contribution in [3.8, 4) is 0 Å². The molecule has 19 heavy (non-hydrogen) atoms. The fourth-order valence-corrected chi connectivity index (χ4v) is 2.06. The van der Waals surface area contributed by atoms with Crippen LogP contribution in [0.1, 0.15) is 11.3 Å². The van der Waals surface area contributed by atoms with Crippen molar-refractivity contribution in [3.63, 3.8) is 0 Å². The molecule has 1 aromatic carbocycles. The smallest absolute Gasteiger partial charge is 0.363 e. The van der Waals surface area contributed by atoms with Crippen molar-refractivity contribution >= 4 is 33.9 Å². The zero-order valence-corrected chi connectivity index (χ0v) is 11.3. The Kier molecular flexibility index (Phi) is 3.05. The van der Waals surface area contributed by atoms with E-state index in [1.54, 1.807) is 18.2 Å². The minimum atomic E-state index is -0.480. The molecule has 2 heterocycles. The molecule has 0 atom stereocenters. The van der Waals surface area contributed by atoms with Gasteiger partial charge in [-0.05, 0) is 30.3 Å². The quantitative estimate of drug-likeness (QED) is 0.630. The van der Waals surface area contributed by atoms with E-state index in [0.29, 0.717) is 11.7 Å². The predicted octanol–water partition coefficient (Wildman–Crippen LogP) is 3.39. The number of cyclic esters (lactones) is 1. The fourth-order valence-electron chi connectivity index (χ4n) is 1.66. The second-order valence-electron chi connectivity index (χ2n) is 3.86. The van der Waals surface area contributed by atoms with Gasteiger partial charge in [0.05, 0.1) is 6.26 Å². The van der Waals surface area contributed by atoms with Gasteiger partial charge in [-0.25, -0.2) is 9.79 Å². The lowest BCUT2D eigenvalue weighted by Gasteiger charge is -1.99. The highest BCUT2D eigenvalue weighted by molar-refractivity contribution is 9.10. The van der Waals surface area contributed by atoms with Gasteiger partial charge in [-0.3, -0.25) is 0 Å². The largest absolute Gasteiger partial charge is 0.465 e. The van der Waals surface area contributed by atoms with Crippen molar-refractivity contribution in [2.45, 2.75) is 0 Å². The SMILES string of the molecule is O=C1OC(c2cccc(Br)c2)=N/C1=C\c1ccco1. The van der Waals surface area contributed by atoms with Gasteiger partial charge in [0, 0.05) is 16.1 Å². The minimum absolute atomic E-state index is 0.227. The molecule has 0 radical (unpaired) electrons. The lowest BCUT2D eigenvalue weighted by molar-refractivity contribution is -0.129. The summed E-state index contributed by atoms with van der Waals surface area (Å²) in [6.45, 7) is 0. The minimum Gasteiger partial charge on any atom is -0.465 e. The molecule has 0 fully saturated rings. The maximum absolute atomic E-state index is 11.7. The van der Waals surface area contributed by atoms with Gasteiger partial charge >= 0.3 is 5.97 Å². The van der Waals surface area contributed by atoms with Crippen LogP contribution in [0.15, 0.2) is 62.2 Å². The lowest BCUT2D eigenvalue weighted by atomic mass is 10.2. The van der Waals surface area contributed by atoms with Crippen LogP contribution in [0.5, 0.6) is 0 Å². The molecule has 1 aliphatic rings. The number of aliphatic imine (C=N–C) groups is 1. The summed E-state index contributed by atoms with van der Waals surface area (Å²) in [5, 5.41) is 0. The van der Waals surface area contributed by atoms with Gasteiger partial charge in [-0.1, -0.05) is 22.0 Å². The predicted molar refractivity (Wildman–Crippen MR) is 73.5 cm³/mol. The van der Waals surface area contributed by atoms with Gasteiger partial charge < -0.3 is 9.15 Å². The van der Waals surface area contributed by atoms with E-state index in [4.69, 9.17) is 9.15 Å². The normalized spacial score (nSPS) is 16.6. The number of rotatable bonds is 2.